The number of benzene rings is 1. The van der Waals surface area contributed by atoms with Crippen LogP contribution in [0.15, 0.2) is 24.3 Å². The first-order valence-corrected chi connectivity index (χ1v) is 3.56. The fraction of sp³-hybridized carbons (Fsp3) is 0.125. The molecular weight excluding hydrogens is 234 g/mol. The highest BCUT2D eigenvalue weighted by Gasteiger charge is 2.02. The van der Waals surface area contributed by atoms with E-state index in [1.807, 2.05) is 0 Å². The minimum Gasteiger partial charge on any atom is -0.399 e. The van der Waals surface area contributed by atoms with E-state index in [4.69, 9.17) is 11.6 Å². The van der Waals surface area contributed by atoms with Crippen molar-refractivity contribution in [2.24, 2.45) is 5.84 Å². The predicted molar refractivity (Wildman–Crippen MR) is 57.7 cm³/mol. The van der Waals surface area contributed by atoms with Crippen LogP contribution in [0.3, 0.4) is 0 Å². The van der Waals surface area contributed by atoms with E-state index in [9.17, 15) is 4.79 Å². The summed E-state index contributed by atoms with van der Waals surface area (Å²) in [6.45, 7) is 0.143. The Hall–Kier alpha value is -0.910. The van der Waals surface area contributed by atoms with Crippen LogP contribution >= 0.6 is 17.0 Å². The molecule has 13 heavy (non-hydrogen) atoms. The minimum absolute atomic E-state index is 0. The highest BCUT2D eigenvalue weighted by atomic mass is 79.9. The van der Waals surface area contributed by atoms with Crippen molar-refractivity contribution in [2.45, 2.75) is 0 Å². The number of Topliss-reactive ketones (excluding diaryl/α,β-unsaturated/α-hetero) is 1. The predicted octanol–water partition coefficient (Wildman–Crippen LogP) is 0.493. The summed E-state index contributed by atoms with van der Waals surface area (Å²) >= 11 is 0. The van der Waals surface area contributed by atoms with Gasteiger partial charge >= 0.3 is 0 Å². The molecule has 0 spiro atoms. The Bertz CT molecular complexity index is 273. The van der Waals surface area contributed by atoms with Gasteiger partial charge in [0, 0.05) is 11.3 Å². The second-order valence-corrected chi connectivity index (χ2v) is 2.43. The summed E-state index contributed by atoms with van der Waals surface area (Å²) in [7, 11) is 0. The molecule has 0 saturated carbocycles. The van der Waals surface area contributed by atoms with Gasteiger partial charge in [0.1, 0.15) is 0 Å². The molecule has 0 fully saturated rings. The van der Waals surface area contributed by atoms with Gasteiger partial charge in [0.05, 0.1) is 6.54 Å². The maximum Gasteiger partial charge on any atom is 0.177 e. The van der Waals surface area contributed by atoms with Gasteiger partial charge < -0.3 is 5.73 Å². The Morgan fingerprint density at radius 1 is 1.31 bits per heavy atom. The number of carbonyl (C=O) groups excluding carboxylic acids is 1. The number of nitrogens with two attached hydrogens (primary N) is 2. The Labute approximate surface area is 87.0 Å². The molecule has 4 nitrogen and oxygen atoms in total. The van der Waals surface area contributed by atoms with Gasteiger partial charge in [-0.15, -0.1) is 17.0 Å². The zero-order valence-electron chi connectivity index (χ0n) is 6.99. The van der Waals surface area contributed by atoms with Crippen molar-refractivity contribution in [2.75, 3.05) is 12.3 Å². The van der Waals surface area contributed by atoms with E-state index < -0.39 is 0 Å². The average molecular weight is 246 g/mol. The molecule has 72 valence electrons. The van der Waals surface area contributed by atoms with E-state index in [-0.39, 0.29) is 29.3 Å². The van der Waals surface area contributed by atoms with Gasteiger partial charge in [-0.05, 0) is 24.3 Å². The molecule has 5 heteroatoms. The van der Waals surface area contributed by atoms with Gasteiger partial charge in [-0.1, -0.05) is 0 Å². The summed E-state index contributed by atoms with van der Waals surface area (Å²) in [5.41, 5.74) is 9.01. The van der Waals surface area contributed by atoms with Crippen LogP contribution < -0.4 is 17.0 Å². The standard InChI is InChI=1S/C8H11N3O.BrH/c9-7-3-1-6(2-4-7)8(12)5-11-10;/h1-4,11H,5,9-10H2;1H. The van der Waals surface area contributed by atoms with Crippen molar-refractivity contribution in [3.63, 3.8) is 0 Å². The highest BCUT2D eigenvalue weighted by Crippen LogP contribution is 2.05. The smallest absolute Gasteiger partial charge is 0.177 e. The Kier molecular flexibility index (Phi) is 5.29. The van der Waals surface area contributed by atoms with E-state index in [1.165, 1.54) is 0 Å². The van der Waals surface area contributed by atoms with E-state index in [0.717, 1.165) is 0 Å². The molecule has 1 aromatic rings. The third-order valence-corrected chi connectivity index (χ3v) is 1.50. The molecule has 0 aliphatic carbocycles. The van der Waals surface area contributed by atoms with Crippen LogP contribution in [0.2, 0.25) is 0 Å². The molecular formula is C8H12BrN3O. The first-order chi connectivity index (χ1) is 5.74. The molecule has 0 aliphatic heterocycles. The zero-order chi connectivity index (χ0) is 8.97. The molecule has 0 atom stereocenters. The van der Waals surface area contributed by atoms with Crippen molar-refractivity contribution in [3.05, 3.63) is 29.8 Å². The van der Waals surface area contributed by atoms with E-state index in [0.29, 0.717) is 11.3 Å². The molecule has 0 amide bonds. The third kappa shape index (κ3) is 3.54. The fourth-order valence-electron chi connectivity index (χ4n) is 0.864. The van der Waals surface area contributed by atoms with Crippen LogP contribution in [0, 0.1) is 0 Å². The first kappa shape index (κ1) is 12.1. The zero-order valence-corrected chi connectivity index (χ0v) is 8.70. The SMILES string of the molecule is Br.NNCC(=O)c1ccc(N)cc1. The average Bonchev–Trinajstić information content (AvgIpc) is 2.06. The summed E-state index contributed by atoms with van der Waals surface area (Å²) in [5.74, 6) is 4.96. The molecule has 1 aromatic carbocycles. The van der Waals surface area contributed by atoms with Crippen LogP contribution in [0.25, 0.3) is 0 Å². The number of hydrogen-bond acceptors (Lipinski definition) is 4. The van der Waals surface area contributed by atoms with Crippen molar-refractivity contribution >= 4 is 28.5 Å². The minimum atomic E-state index is -0.0440. The lowest BCUT2D eigenvalue weighted by Crippen LogP contribution is -2.28. The topological polar surface area (TPSA) is 81.1 Å². The molecule has 0 aromatic heterocycles. The molecule has 0 heterocycles. The lowest BCUT2D eigenvalue weighted by atomic mass is 10.1. The summed E-state index contributed by atoms with van der Waals surface area (Å²) < 4.78 is 0. The fourth-order valence-corrected chi connectivity index (χ4v) is 0.864. The van der Waals surface area contributed by atoms with E-state index in [1.54, 1.807) is 24.3 Å². The van der Waals surface area contributed by atoms with Gasteiger partial charge in [0.2, 0.25) is 0 Å². The second-order valence-electron chi connectivity index (χ2n) is 2.43. The molecule has 0 unspecified atom stereocenters. The molecule has 0 bridgehead atoms. The van der Waals surface area contributed by atoms with Crippen LogP contribution in [0.4, 0.5) is 5.69 Å². The molecule has 0 aliphatic rings. The lowest BCUT2D eigenvalue weighted by Gasteiger charge is -1.99. The molecule has 1 rings (SSSR count). The molecule has 5 N–H and O–H groups in total. The Balaban J connectivity index is 0.00000144. The summed E-state index contributed by atoms with van der Waals surface area (Å²) in [5, 5.41) is 0. The van der Waals surface area contributed by atoms with E-state index in [2.05, 4.69) is 5.43 Å². The lowest BCUT2D eigenvalue weighted by molar-refractivity contribution is 0.0991. The number of anilines is 1. The second kappa shape index (κ2) is 5.69. The number of halogens is 1. The highest BCUT2D eigenvalue weighted by molar-refractivity contribution is 8.93. The number of rotatable bonds is 3. The van der Waals surface area contributed by atoms with Gasteiger partial charge in [-0.25, -0.2) is 0 Å². The molecule has 0 saturated heterocycles. The first-order valence-electron chi connectivity index (χ1n) is 3.56. The van der Waals surface area contributed by atoms with Crippen LogP contribution in [-0.4, -0.2) is 12.3 Å². The normalized spacial score (nSPS) is 9.00. The quantitative estimate of drug-likeness (QED) is 0.314. The van der Waals surface area contributed by atoms with Crippen molar-refractivity contribution in [1.29, 1.82) is 0 Å². The maximum absolute atomic E-state index is 11.2. The monoisotopic (exact) mass is 245 g/mol. The van der Waals surface area contributed by atoms with Crippen LogP contribution in [0.1, 0.15) is 10.4 Å². The van der Waals surface area contributed by atoms with Crippen LogP contribution in [0.5, 0.6) is 0 Å². The molecule has 0 radical (unpaired) electrons. The van der Waals surface area contributed by atoms with Crippen molar-refractivity contribution in [3.8, 4) is 0 Å². The van der Waals surface area contributed by atoms with Crippen molar-refractivity contribution in [1.82, 2.24) is 5.43 Å². The number of hydrogen-bond donors (Lipinski definition) is 3. The summed E-state index contributed by atoms with van der Waals surface area (Å²) in [6.07, 6.45) is 0. The van der Waals surface area contributed by atoms with Gasteiger partial charge in [0.15, 0.2) is 5.78 Å². The summed E-state index contributed by atoms with van der Waals surface area (Å²) in [4.78, 5) is 11.2. The summed E-state index contributed by atoms with van der Waals surface area (Å²) in [6, 6.07) is 6.72. The van der Waals surface area contributed by atoms with Crippen LogP contribution in [-0.2, 0) is 0 Å². The maximum atomic E-state index is 11.2. The van der Waals surface area contributed by atoms with Gasteiger partial charge in [-0.2, -0.15) is 0 Å². The third-order valence-electron chi connectivity index (χ3n) is 1.50. The number of ketones is 1. The largest absolute Gasteiger partial charge is 0.399 e. The van der Waals surface area contributed by atoms with Gasteiger partial charge in [0.25, 0.3) is 0 Å². The van der Waals surface area contributed by atoms with E-state index >= 15 is 0 Å². The number of hydrazine groups is 1. The number of nitrogens with one attached hydrogen (secondary N) is 1. The van der Waals surface area contributed by atoms with Gasteiger partial charge in [-0.3, -0.25) is 16.1 Å². The number of carbonyl (C=O) groups is 1. The Morgan fingerprint density at radius 2 is 1.85 bits per heavy atom. The number of nitrogen functional groups attached to an aromatic ring is 1. The van der Waals surface area contributed by atoms with Crippen molar-refractivity contribution < 1.29 is 4.79 Å². The Morgan fingerprint density at radius 3 is 2.31 bits per heavy atom.